The summed E-state index contributed by atoms with van der Waals surface area (Å²) in [6.07, 6.45) is 1.17. The number of aliphatic hydroxyl groups excluding tert-OH is 1. The molecule has 0 spiro atoms. The van der Waals surface area contributed by atoms with Crippen molar-refractivity contribution in [3.63, 3.8) is 0 Å². The molecule has 1 N–H and O–H groups in total. The maximum absolute atomic E-state index is 9.37. The van der Waals surface area contributed by atoms with Gasteiger partial charge < -0.3 is 9.84 Å². The first kappa shape index (κ1) is 13.8. The van der Waals surface area contributed by atoms with E-state index in [0.29, 0.717) is 18.6 Å². The minimum Gasteiger partial charge on any atom is -0.492 e. The lowest BCUT2D eigenvalue weighted by atomic mass is 10.0. The van der Waals surface area contributed by atoms with Crippen molar-refractivity contribution in [3.8, 4) is 5.75 Å². The molecule has 4 heteroatoms. The molecule has 100 valence electrons. The van der Waals surface area contributed by atoms with Gasteiger partial charge in [0.05, 0.1) is 6.61 Å². The van der Waals surface area contributed by atoms with E-state index in [0.717, 1.165) is 23.3 Å². The van der Waals surface area contributed by atoms with Crippen molar-refractivity contribution >= 4 is 15.9 Å². The van der Waals surface area contributed by atoms with E-state index in [1.807, 2.05) is 24.3 Å². The minimum atomic E-state index is 0.248. The molecule has 0 aliphatic carbocycles. The summed E-state index contributed by atoms with van der Waals surface area (Å²) >= 11 is 3.43. The zero-order valence-corrected chi connectivity index (χ0v) is 12.3. The SMILES string of the molecule is CC1CCN(CCOc2cccc(Br)c2)C1CO. The lowest BCUT2D eigenvalue weighted by Gasteiger charge is -2.24. The average molecular weight is 314 g/mol. The van der Waals surface area contributed by atoms with E-state index in [4.69, 9.17) is 4.74 Å². The van der Waals surface area contributed by atoms with E-state index < -0.39 is 0 Å². The second kappa shape index (κ2) is 6.55. The Morgan fingerprint density at radius 2 is 2.33 bits per heavy atom. The van der Waals surface area contributed by atoms with Crippen molar-refractivity contribution in [1.82, 2.24) is 4.90 Å². The third-order valence-electron chi connectivity index (χ3n) is 3.63. The van der Waals surface area contributed by atoms with E-state index >= 15 is 0 Å². The Bertz CT molecular complexity index is 386. The molecule has 0 amide bonds. The van der Waals surface area contributed by atoms with E-state index in [9.17, 15) is 5.11 Å². The number of rotatable bonds is 5. The maximum Gasteiger partial charge on any atom is 0.120 e. The molecule has 0 aromatic heterocycles. The average Bonchev–Trinajstić information content (AvgIpc) is 2.70. The van der Waals surface area contributed by atoms with Crippen molar-refractivity contribution in [1.29, 1.82) is 0 Å². The van der Waals surface area contributed by atoms with E-state index in [1.54, 1.807) is 0 Å². The first-order valence-corrected chi connectivity index (χ1v) is 7.23. The summed E-state index contributed by atoms with van der Waals surface area (Å²) in [5.41, 5.74) is 0. The first-order chi connectivity index (χ1) is 8.70. The Morgan fingerprint density at radius 3 is 3.06 bits per heavy atom. The fourth-order valence-corrected chi connectivity index (χ4v) is 2.88. The fraction of sp³-hybridized carbons (Fsp3) is 0.571. The number of aliphatic hydroxyl groups is 1. The van der Waals surface area contributed by atoms with Crippen molar-refractivity contribution in [2.24, 2.45) is 5.92 Å². The molecule has 1 saturated heterocycles. The second-order valence-corrected chi connectivity index (χ2v) is 5.77. The van der Waals surface area contributed by atoms with Gasteiger partial charge in [-0.3, -0.25) is 4.90 Å². The number of halogens is 1. The molecule has 2 rings (SSSR count). The molecule has 3 nitrogen and oxygen atoms in total. The number of likely N-dealkylation sites (tertiary alicyclic amines) is 1. The summed E-state index contributed by atoms with van der Waals surface area (Å²) in [7, 11) is 0. The molecule has 2 atom stereocenters. The van der Waals surface area contributed by atoms with E-state index in [1.165, 1.54) is 6.42 Å². The standard InChI is InChI=1S/C14H20BrNO2/c1-11-5-6-16(14(11)10-17)7-8-18-13-4-2-3-12(15)9-13/h2-4,9,11,14,17H,5-8,10H2,1H3. The number of hydrogen-bond donors (Lipinski definition) is 1. The van der Waals surface area contributed by atoms with Crippen LogP contribution >= 0.6 is 15.9 Å². The summed E-state index contributed by atoms with van der Waals surface area (Å²) in [5.74, 6) is 1.47. The smallest absolute Gasteiger partial charge is 0.120 e. The van der Waals surface area contributed by atoms with Gasteiger partial charge >= 0.3 is 0 Å². The van der Waals surface area contributed by atoms with Crippen LogP contribution in [0.15, 0.2) is 28.7 Å². The van der Waals surface area contributed by atoms with Gasteiger partial charge in [0, 0.05) is 17.1 Å². The molecule has 0 bridgehead atoms. The van der Waals surface area contributed by atoms with Crippen LogP contribution in [0.3, 0.4) is 0 Å². The summed E-state index contributed by atoms with van der Waals surface area (Å²) in [6.45, 7) is 5.06. The van der Waals surface area contributed by atoms with Crippen LogP contribution in [0, 0.1) is 5.92 Å². The Hall–Kier alpha value is -0.580. The number of hydrogen-bond acceptors (Lipinski definition) is 3. The van der Waals surface area contributed by atoms with Gasteiger partial charge in [-0.15, -0.1) is 0 Å². The molecular formula is C14H20BrNO2. The summed E-state index contributed by atoms with van der Waals surface area (Å²) in [6, 6.07) is 8.18. The molecule has 1 aromatic rings. The van der Waals surface area contributed by atoms with Crippen molar-refractivity contribution in [2.75, 3.05) is 26.3 Å². The molecule has 1 fully saturated rings. The highest BCUT2D eigenvalue weighted by molar-refractivity contribution is 9.10. The fourth-order valence-electron chi connectivity index (χ4n) is 2.50. The van der Waals surface area contributed by atoms with Gasteiger partial charge in [-0.25, -0.2) is 0 Å². The highest BCUT2D eigenvalue weighted by atomic mass is 79.9. The summed E-state index contributed by atoms with van der Waals surface area (Å²) in [5, 5.41) is 9.37. The normalized spacial score (nSPS) is 24.4. The van der Waals surface area contributed by atoms with E-state index in [2.05, 4.69) is 27.8 Å². The van der Waals surface area contributed by atoms with Crippen LogP contribution in [0.2, 0.25) is 0 Å². The van der Waals surface area contributed by atoms with Crippen LogP contribution in [0.25, 0.3) is 0 Å². The Morgan fingerprint density at radius 1 is 1.50 bits per heavy atom. The Labute approximate surface area is 117 Å². The van der Waals surface area contributed by atoms with Crippen LogP contribution in [0.1, 0.15) is 13.3 Å². The second-order valence-electron chi connectivity index (χ2n) is 4.86. The third kappa shape index (κ3) is 3.46. The third-order valence-corrected chi connectivity index (χ3v) is 4.12. The molecule has 1 aliphatic rings. The Kier molecular flexibility index (Phi) is 5.03. The predicted molar refractivity (Wildman–Crippen MR) is 75.9 cm³/mol. The van der Waals surface area contributed by atoms with Crippen LogP contribution in [-0.4, -0.2) is 42.4 Å². The van der Waals surface area contributed by atoms with Crippen LogP contribution in [-0.2, 0) is 0 Å². The molecule has 0 saturated carbocycles. The number of benzene rings is 1. The zero-order chi connectivity index (χ0) is 13.0. The number of ether oxygens (including phenoxy) is 1. The van der Waals surface area contributed by atoms with Crippen molar-refractivity contribution in [2.45, 2.75) is 19.4 Å². The highest BCUT2D eigenvalue weighted by Gasteiger charge is 2.29. The van der Waals surface area contributed by atoms with E-state index in [-0.39, 0.29) is 6.61 Å². The molecule has 0 radical (unpaired) electrons. The van der Waals surface area contributed by atoms with Crippen LogP contribution in [0.4, 0.5) is 0 Å². The molecule has 2 unspecified atom stereocenters. The zero-order valence-electron chi connectivity index (χ0n) is 10.7. The van der Waals surface area contributed by atoms with Gasteiger partial charge in [0.25, 0.3) is 0 Å². The van der Waals surface area contributed by atoms with Gasteiger partial charge in [-0.1, -0.05) is 28.9 Å². The predicted octanol–water partition coefficient (Wildman–Crippen LogP) is 2.53. The van der Waals surface area contributed by atoms with Gasteiger partial charge in [0.1, 0.15) is 12.4 Å². The molecule has 18 heavy (non-hydrogen) atoms. The van der Waals surface area contributed by atoms with Crippen LogP contribution < -0.4 is 4.74 Å². The topological polar surface area (TPSA) is 32.7 Å². The van der Waals surface area contributed by atoms with Gasteiger partial charge in [-0.05, 0) is 37.1 Å². The molecule has 1 heterocycles. The summed E-state index contributed by atoms with van der Waals surface area (Å²) in [4.78, 5) is 2.32. The van der Waals surface area contributed by atoms with Crippen molar-refractivity contribution in [3.05, 3.63) is 28.7 Å². The van der Waals surface area contributed by atoms with Crippen LogP contribution in [0.5, 0.6) is 5.75 Å². The lowest BCUT2D eigenvalue weighted by Crippen LogP contribution is -2.37. The molecular weight excluding hydrogens is 294 g/mol. The first-order valence-electron chi connectivity index (χ1n) is 6.44. The minimum absolute atomic E-state index is 0.248. The van der Waals surface area contributed by atoms with Gasteiger partial charge in [0.2, 0.25) is 0 Å². The number of nitrogens with zero attached hydrogens (tertiary/aromatic N) is 1. The lowest BCUT2D eigenvalue weighted by molar-refractivity contribution is 0.123. The molecule has 1 aliphatic heterocycles. The Balaban J connectivity index is 1.78. The monoisotopic (exact) mass is 313 g/mol. The summed E-state index contributed by atoms with van der Waals surface area (Å²) < 4.78 is 6.75. The van der Waals surface area contributed by atoms with Gasteiger partial charge in [-0.2, -0.15) is 0 Å². The maximum atomic E-state index is 9.37. The highest BCUT2D eigenvalue weighted by Crippen LogP contribution is 2.23. The largest absolute Gasteiger partial charge is 0.492 e. The quantitative estimate of drug-likeness (QED) is 0.906. The molecule has 1 aromatic carbocycles. The van der Waals surface area contributed by atoms with Crippen molar-refractivity contribution < 1.29 is 9.84 Å². The van der Waals surface area contributed by atoms with Gasteiger partial charge in [0.15, 0.2) is 0 Å².